The van der Waals surface area contributed by atoms with Gasteiger partial charge < -0.3 is 15.8 Å². The number of aryl methyl sites for hydroxylation is 2. The molecule has 6 heteroatoms. The van der Waals surface area contributed by atoms with E-state index >= 15 is 0 Å². The van der Waals surface area contributed by atoms with Gasteiger partial charge in [0.2, 0.25) is 5.91 Å². The maximum atomic E-state index is 12.4. The number of para-hydroxylation sites is 1. The number of hydrogen-bond donors (Lipinski definition) is 2. The van der Waals surface area contributed by atoms with E-state index in [4.69, 9.17) is 10.5 Å². The monoisotopic (exact) mass is 342 g/mol. The summed E-state index contributed by atoms with van der Waals surface area (Å²) >= 11 is 0. The smallest absolute Gasteiger partial charge is 0.237 e. The summed E-state index contributed by atoms with van der Waals surface area (Å²) in [6.45, 7) is 5.81. The van der Waals surface area contributed by atoms with Gasteiger partial charge in [-0.25, -0.2) is 4.68 Å². The largest absolute Gasteiger partial charge is 0.381 e. The fourth-order valence-corrected chi connectivity index (χ4v) is 3.33. The summed E-state index contributed by atoms with van der Waals surface area (Å²) in [6, 6.07) is 9.52. The fourth-order valence-electron chi connectivity index (χ4n) is 3.33. The van der Waals surface area contributed by atoms with Crippen molar-refractivity contribution in [3.63, 3.8) is 0 Å². The van der Waals surface area contributed by atoms with Crippen LogP contribution in [0, 0.1) is 19.8 Å². The molecule has 1 unspecified atom stereocenters. The minimum atomic E-state index is -0.482. The summed E-state index contributed by atoms with van der Waals surface area (Å²) in [7, 11) is 0. The van der Waals surface area contributed by atoms with E-state index in [0.717, 1.165) is 35.5 Å². The summed E-state index contributed by atoms with van der Waals surface area (Å²) in [5, 5.41) is 7.53. The molecular weight excluding hydrogens is 316 g/mol. The summed E-state index contributed by atoms with van der Waals surface area (Å²) in [4.78, 5) is 12.4. The molecule has 1 aromatic carbocycles. The molecule has 134 valence electrons. The van der Waals surface area contributed by atoms with Crippen LogP contribution in [0.3, 0.4) is 0 Å². The first-order valence-corrected chi connectivity index (χ1v) is 8.79. The minimum Gasteiger partial charge on any atom is -0.381 e. The Hall–Kier alpha value is -2.18. The van der Waals surface area contributed by atoms with Gasteiger partial charge in [-0.05, 0) is 50.3 Å². The Morgan fingerprint density at radius 3 is 2.76 bits per heavy atom. The second kappa shape index (κ2) is 7.80. The standard InChI is InChI=1S/C19H26N4O2/c1-13-11-14(2)23(22-13)17-6-4-3-5-16(17)12-21-19(24)18(20)15-7-9-25-10-8-15/h3-6,11,15,18H,7-10,12,20H2,1-2H3,(H,21,24). The van der Waals surface area contributed by atoms with Crippen LogP contribution in [0.1, 0.15) is 29.8 Å². The highest BCUT2D eigenvalue weighted by Gasteiger charge is 2.26. The van der Waals surface area contributed by atoms with Crippen molar-refractivity contribution < 1.29 is 9.53 Å². The number of nitrogens with one attached hydrogen (secondary N) is 1. The number of carbonyl (C=O) groups is 1. The van der Waals surface area contributed by atoms with Crippen LogP contribution in [-0.4, -0.2) is 34.9 Å². The van der Waals surface area contributed by atoms with Crippen LogP contribution in [-0.2, 0) is 16.1 Å². The van der Waals surface area contributed by atoms with E-state index in [9.17, 15) is 4.79 Å². The summed E-state index contributed by atoms with van der Waals surface area (Å²) in [6.07, 6.45) is 1.69. The fraction of sp³-hybridized carbons (Fsp3) is 0.474. The normalized spacial score (nSPS) is 16.6. The third-order valence-corrected chi connectivity index (χ3v) is 4.76. The first kappa shape index (κ1) is 17.6. The number of benzene rings is 1. The van der Waals surface area contributed by atoms with Crippen molar-refractivity contribution in [2.75, 3.05) is 13.2 Å². The van der Waals surface area contributed by atoms with Crippen molar-refractivity contribution in [1.29, 1.82) is 0 Å². The average molecular weight is 342 g/mol. The van der Waals surface area contributed by atoms with Crippen LogP contribution in [0.2, 0.25) is 0 Å². The number of carbonyl (C=O) groups excluding carboxylic acids is 1. The Bertz CT molecular complexity index is 735. The molecule has 3 N–H and O–H groups in total. The zero-order chi connectivity index (χ0) is 17.8. The van der Waals surface area contributed by atoms with Crippen LogP contribution in [0.5, 0.6) is 0 Å². The van der Waals surface area contributed by atoms with Crippen molar-refractivity contribution in [3.8, 4) is 5.69 Å². The van der Waals surface area contributed by atoms with Crippen LogP contribution in [0.25, 0.3) is 5.69 Å². The molecule has 1 aliphatic heterocycles. The van der Waals surface area contributed by atoms with Crippen LogP contribution in [0.15, 0.2) is 30.3 Å². The van der Waals surface area contributed by atoms with Crippen LogP contribution < -0.4 is 11.1 Å². The van der Waals surface area contributed by atoms with Gasteiger partial charge in [-0.2, -0.15) is 5.10 Å². The highest BCUT2D eigenvalue weighted by atomic mass is 16.5. The lowest BCUT2D eigenvalue weighted by atomic mass is 9.92. The third-order valence-electron chi connectivity index (χ3n) is 4.76. The van der Waals surface area contributed by atoms with Crippen molar-refractivity contribution in [3.05, 3.63) is 47.3 Å². The maximum absolute atomic E-state index is 12.4. The van der Waals surface area contributed by atoms with Gasteiger partial charge in [0.15, 0.2) is 0 Å². The molecule has 0 radical (unpaired) electrons. The Balaban J connectivity index is 1.69. The molecule has 1 aliphatic rings. The molecule has 0 spiro atoms. The number of rotatable bonds is 5. The number of hydrogen-bond acceptors (Lipinski definition) is 4. The predicted octanol–water partition coefficient (Wildman–Crippen LogP) is 1.86. The van der Waals surface area contributed by atoms with Crippen LogP contribution >= 0.6 is 0 Å². The van der Waals surface area contributed by atoms with E-state index in [1.54, 1.807) is 0 Å². The van der Waals surface area contributed by atoms with E-state index in [2.05, 4.69) is 10.4 Å². The molecule has 1 amide bonds. The van der Waals surface area contributed by atoms with E-state index in [-0.39, 0.29) is 11.8 Å². The third kappa shape index (κ3) is 4.08. The molecule has 3 rings (SSSR count). The van der Waals surface area contributed by atoms with Gasteiger partial charge in [0.05, 0.1) is 17.4 Å². The Labute approximate surface area is 148 Å². The topological polar surface area (TPSA) is 82.2 Å². The molecule has 1 saturated heterocycles. The molecular formula is C19H26N4O2. The lowest BCUT2D eigenvalue weighted by Crippen LogP contribution is -2.46. The Morgan fingerprint density at radius 2 is 2.08 bits per heavy atom. The summed E-state index contributed by atoms with van der Waals surface area (Å²) < 4.78 is 7.25. The van der Waals surface area contributed by atoms with Crippen LogP contribution in [0.4, 0.5) is 0 Å². The van der Waals surface area contributed by atoms with Gasteiger partial charge in [-0.15, -0.1) is 0 Å². The molecule has 0 aliphatic carbocycles. The average Bonchev–Trinajstić information content (AvgIpc) is 2.98. The van der Waals surface area contributed by atoms with Gasteiger partial charge in [0.25, 0.3) is 0 Å². The highest BCUT2D eigenvalue weighted by molar-refractivity contribution is 5.81. The number of ether oxygens (including phenoxy) is 1. The van der Waals surface area contributed by atoms with Crippen molar-refractivity contribution in [1.82, 2.24) is 15.1 Å². The first-order chi connectivity index (χ1) is 12.1. The zero-order valence-corrected chi connectivity index (χ0v) is 14.9. The molecule has 25 heavy (non-hydrogen) atoms. The molecule has 0 saturated carbocycles. The molecule has 2 aromatic rings. The first-order valence-electron chi connectivity index (χ1n) is 8.79. The van der Waals surface area contributed by atoms with E-state index in [0.29, 0.717) is 19.8 Å². The Morgan fingerprint density at radius 1 is 1.36 bits per heavy atom. The lowest BCUT2D eigenvalue weighted by molar-refractivity contribution is -0.124. The minimum absolute atomic E-state index is 0.102. The second-order valence-electron chi connectivity index (χ2n) is 6.66. The number of nitrogens with two attached hydrogens (primary N) is 1. The molecule has 6 nitrogen and oxygen atoms in total. The quantitative estimate of drug-likeness (QED) is 0.869. The highest BCUT2D eigenvalue weighted by Crippen LogP contribution is 2.19. The van der Waals surface area contributed by atoms with E-state index in [1.807, 2.05) is 48.9 Å². The molecule has 2 heterocycles. The zero-order valence-electron chi connectivity index (χ0n) is 14.9. The number of aromatic nitrogens is 2. The second-order valence-corrected chi connectivity index (χ2v) is 6.66. The molecule has 1 aromatic heterocycles. The van der Waals surface area contributed by atoms with E-state index in [1.165, 1.54) is 0 Å². The van der Waals surface area contributed by atoms with E-state index < -0.39 is 6.04 Å². The van der Waals surface area contributed by atoms with Gasteiger partial charge in [-0.3, -0.25) is 4.79 Å². The van der Waals surface area contributed by atoms with Crippen molar-refractivity contribution >= 4 is 5.91 Å². The molecule has 0 bridgehead atoms. The molecule has 1 atom stereocenters. The maximum Gasteiger partial charge on any atom is 0.237 e. The molecule has 1 fully saturated rings. The van der Waals surface area contributed by atoms with Gasteiger partial charge >= 0.3 is 0 Å². The number of nitrogens with zero attached hydrogens (tertiary/aromatic N) is 2. The number of amides is 1. The SMILES string of the molecule is Cc1cc(C)n(-c2ccccc2CNC(=O)C(N)C2CCOCC2)n1. The Kier molecular flexibility index (Phi) is 5.50. The predicted molar refractivity (Wildman–Crippen MR) is 96.4 cm³/mol. The van der Waals surface area contributed by atoms with Gasteiger partial charge in [0.1, 0.15) is 0 Å². The summed E-state index contributed by atoms with van der Waals surface area (Å²) in [5.74, 6) is 0.0927. The lowest BCUT2D eigenvalue weighted by Gasteiger charge is -2.26. The van der Waals surface area contributed by atoms with Gasteiger partial charge in [0, 0.05) is 25.5 Å². The van der Waals surface area contributed by atoms with Crippen molar-refractivity contribution in [2.45, 2.75) is 39.3 Å². The summed E-state index contributed by atoms with van der Waals surface area (Å²) in [5.41, 5.74) is 10.2. The van der Waals surface area contributed by atoms with Crippen molar-refractivity contribution in [2.24, 2.45) is 11.7 Å². The van der Waals surface area contributed by atoms with Gasteiger partial charge in [-0.1, -0.05) is 18.2 Å².